The lowest BCUT2D eigenvalue weighted by Gasteiger charge is -2.04. The number of rotatable bonds is 3. The molecule has 0 saturated carbocycles. The molecule has 20 heavy (non-hydrogen) atoms. The third-order valence-corrected chi connectivity index (χ3v) is 3.83. The highest BCUT2D eigenvalue weighted by atomic mass is 32.1. The van der Waals surface area contributed by atoms with Crippen LogP contribution in [0.25, 0.3) is 16.3 Å². The normalized spacial score (nSPS) is 10.7. The van der Waals surface area contributed by atoms with Crippen LogP contribution >= 0.6 is 11.3 Å². The number of carbonyl (C=O) groups excluding carboxylic acids is 1. The van der Waals surface area contributed by atoms with Crippen LogP contribution in [0.4, 0.5) is 5.82 Å². The molecule has 0 aliphatic heterocycles. The number of benzene rings is 1. The Morgan fingerprint density at radius 2 is 2.15 bits per heavy atom. The smallest absolute Gasteiger partial charge is 0.159 e. The molecular weight excluding hydrogens is 272 g/mol. The van der Waals surface area contributed by atoms with Crippen molar-refractivity contribution < 1.29 is 4.79 Å². The van der Waals surface area contributed by atoms with Crippen LogP contribution in [0.3, 0.4) is 0 Å². The Bertz CT molecular complexity index is 761. The fourth-order valence-electron chi connectivity index (χ4n) is 1.93. The summed E-state index contributed by atoms with van der Waals surface area (Å²) in [5.74, 6) is 0.470. The van der Waals surface area contributed by atoms with E-state index >= 15 is 0 Å². The first kappa shape index (κ1) is 12.6. The molecule has 0 saturated heterocycles. The molecule has 0 aliphatic carbocycles. The van der Waals surface area contributed by atoms with Crippen molar-refractivity contribution >= 4 is 22.9 Å². The van der Waals surface area contributed by atoms with Gasteiger partial charge in [-0.1, -0.05) is 23.4 Å². The molecule has 2 heterocycles. The zero-order valence-electron chi connectivity index (χ0n) is 10.8. The zero-order chi connectivity index (χ0) is 14.1. The highest BCUT2D eigenvalue weighted by Crippen LogP contribution is 2.28. The second-order valence-corrected chi connectivity index (χ2v) is 5.27. The van der Waals surface area contributed by atoms with Crippen LogP contribution in [-0.2, 0) is 0 Å². The van der Waals surface area contributed by atoms with Gasteiger partial charge in [-0.2, -0.15) is 4.68 Å². The van der Waals surface area contributed by atoms with E-state index in [0.29, 0.717) is 17.1 Å². The number of nitrogen functional groups attached to an aromatic ring is 1. The summed E-state index contributed by atoms with van der Waals surface area (Å²) in [5.41, 5.74) is 8.12. The number of ketones is 1. The number of hydrogen-bond donors (Lipinski definition) is 1. The minimum Gasteiger partial charge on any atom is -0.382 e. The summed E-state index contributed by atoms with van der Waals surface area (Å²) in [7, 11) is 0. The van der Waals surface area contributed by atoms with E-state index in [4.69, 9.17) is 5.73 Å². The van der Waals surface area contributed by atoms with E-state index < -0.39 is 0 Å². The molecular formula is C14H12N4OS. The van der Waals surface area contributed by atoms with Crippen LogP contribution in [0.2, 0.25) is 0 Å². The molecule has 2 N–H and O–H groups in total. The number of nitrogens with two attached hydrogens (primary N) is 1. The van der Waals surface area contributed by atoms with Crippen molar-refractivity contribution in [3.05, 3.63) is 47.3 Å². The standard InChI is InChI=1S/C14H12N4OS/c1-9(19)10-4-2-5-11(8-10)18-14(15)13(16-17-18)12-6-3-7-20-12/h2-8H,15H2,1H3. The summed E-state index contributed by atoms with van der Waals surface area (Å²) in [6, 6.07) is 11.1. The largest absolute Gasteiger partial charge is 0.382 e. The molecule has 0 atom stereocenters. The first-order valence-electron chi connectivity index (χ1n) is 6.03. The van der Waals surface area contributed by atoms with Crippen LogP contribution < -0.4 is 5.73 Å². The van der Waals surface area contributed by atoms with E-state index in [2.05, 4.69) is 10.3 Å². The predicted molar refractivity (Wildman–Crippen MR) is 79.1 cm³/mol. The molecule has 1 aromatic carbocycles. The average Bonchev–Trinajstić information content (AvgIpc) is 3.08. The van der Waals surface area contributed by atoms with Gasteiger partial charge in [-0.25, -0.2) is 0 Å². The second-order valence-electron chi connectivity index (χ2n) is 4.32. The van der Waals surface area contributed by atoms with Crippen LogP contribution in [0, 0.1) is 0 Å². The van der Waals surface area contributed by atoms with Gasteiger partial charge in [0.05, 0.1) is 10.6 Å². The lowest BCUT2D eigenvalue weighted by Crippen LogP contribution is -2.03. The van der Waals surface area contributed by atoms with Gasteiger partial charge in [-0.3, -0.25) is 4.79 Å². The topological polar surface area (TPSA) is 73.8 Å². The minimum absolute atomic E-state index is 0.00372. The quantitative estimate of drug-likeness (QED) is 0.750. The third-order valence-electron chi connectivity index (χ3n) is 2.96. The van der Waals surface area contributed by atoms with Gasteiger partial charge in [-0.15, -0.1) is 16.4 Å². The van der Waals surface area contributed by atoms with Crippen molar-refractivity contribution in [2.24, 2.45) is 0 Å². The fourth-order valence-corrected chi connectivity index (χ4v) is 2.64. The van der Waals surface area contributed by atoms with Gasteiger partial charge in [0.2, 0.25) is 0 Å². The average molecular weight is 284 g/mol. The molecule has 5 nitrogen and oxygen atoms in total. The van der Waals surface area contributed by atoms with Crippen molar-refractivity contribution in [2.75, 3.05) is 5.73 Å². The maximum absolute atomic E-state index is 11.4. The van der Waals surface area contributed by atoms with Crippen LogP contribution in [-0.4, -0.2) is 20.8 Å². The van der Waals surface area contributed by atoms with Crippen molar-refractivity contribution in [2.45, 2.75) is 6.92 Å². The first-order chi connectivity index (χ1) is 9.66. The molecule has 0 unspecified atom stereocenters. The van der Waals surface area contributed by atoms with Crippen LogP contribution in [0.1, 0.15) is 17.3 Å². The second kappa shape index (κ2) is 4.90. The summed E-state index contributed by atoms with van der Waals surface area (Å²) >= 11 is 1.56. The van der Waals surface area contributed by atoms with Crippen molar-refractivity contribution in [3.8, 4) is 16.3 Å². The fraction of sp³-hybridized carbons (Fsp3) is 0.0714. The van der Waals surface area contributed by atoms with Gasteiger partial charge in [-0.05, 0) is 30.5 Å². The SMILES string of the molecule is CC(=O)c1cccc(-n2nnc(-c3cccs3)c2N)c1. The molecule has 3 aromatic rings. The lowest BCUT2D eigenvalue weighted by molar-refractivity contribution is 0.101. The molecule has 2 aromatic heterocycles. The number of hydrogen-bond acceptors (Lipinski definition) is 5. The molecule has 0 amide bonds. The van der Waals surface area contributed by atoms with E-state index in [1.165, 1.54) is 6.92 Å². The maximum atomic E-state index is 11.4. The summed E-state index contributed by atoms with van der Waals surface area (Å²) in [6.45, 7) is 1.53. The number of Topliss-reactive ketones (excluding diaryl/α,β-unsaturated/α-hetero) is 1. The number of aromatic nitrogens is 3. The van der Waals surface area contributed by atoms with E-state index in [9.17, 15) is 4.79 Å². The Labute approximate surface area is 119 Å². The number of thiophene rings is 1. The molecule has 0 aliphatic rings. The maximum Gasteiger partial charge on any atom is 0.159 e. The van der Waals surface area contributed by atoms with Gasteiger partial charge in [0.1, 0.15) is 5.69 Å². The van der Waals surface area contributed by atoms with E-state index in [0.717, 1.165) is 10.6 Å². The van der Waals surface area contributed by atoms with E-state index in [-0.39, 0.29) is 5.78 Å². The minimum atomic E-state index is 0.00372. The Hall–Kier alpha value is -2.47. The van der Waals surface area contributed by atoms with E-state index in [1.54, 1.807) is 34.2 Å². The highest BCUT2D eigenvalue weighted by molar-refractivity contribution is 7.13. The van der Waals surface area contributed by atoms with Crippen molar-refractivity contribution in [1.29, 1.82) is 0 Å². The highest BCUT2D eigenvalue weighted by Gasteiger charge is 2.14. The molecule has 6 heteroatoms. The van der Waals surface area contributed by atoms with E-state index in [1.807, 2.05) is 23.6 Å². The number of nitrogens with zero attached hydrogens (tertiary/aromatic N) is 3. The Balaban J connectivity index is 2.08. The lowest BCUT2D eigenvalue weighted by atomic mass is 10.1. The Morgan fingerprint density at radius 3 is 2.85 bits per heavy atom. The van der Waals surface area contributed by atoms with Crippen LogP contribution in [0.5, 0.6) is 0 Å². The third kappa shape index (κ3) is 2.10. The summed E-state index contributed by atoms with van der Waals surface area (Å²) < 4.78 is 1.54. The van der Waals surface area contributed by atoms with Gasteiger partial charge < -0.3 is 5.73 Å². The molecule has 0 bridgehead atoms. The molecule has 3 rings (SSSR count). The molecule has 0 spiro atoms. The number of carbonyl (C=O) groups is 1. The van der Waals surface area contributed by atoms with Crippen molar-refractivity contribution in [3.63, 3.8) is 0 Å². The Kier molecular flexibility index (Phi) is 3.08. The summed E-state index contributed by atoms with van der Waals surface area (Å²) in [4.78, 5) is 12.4. The van der Waals surface area contributed by atoms with Crippen molar-refractivity contribution in [1.82, 2.24) is 15.0 Å². The van der Waals surface area contributed by atoms with Gasteiger partial charge >= 0.3 is 0 Å². The summed E-state index contributed by atoms with van der Waals surface area (Å²) in [6.07, 6.45) is 0. The van der Waals surface area contributed by atoms with Gasteiger partial charge in [0.25, 0.3) is 0 Å². The van der Waals surface area contributed by atoms with Gasteiger partial charge in [0.15, 0.2) is 11.6 Å². The Morgan fingerprint density at radius 1 is 1.30 bits per heavy atom. The molecule has 100 valence electrons. The van der Waals surface area contributed by atoms with Gasteiger partial charge in [0, 0.05) is 5.56 Å². The van der Waals surface area contributed by atoms with Crippen LogP contribution in [0.15, 0.2) is 41.8 Å². The zero-order valence-corrected chi connectivity index (χ0v) is 11.6. The first-order valence-corrected chi connectivity index (χ1v) is 6.91. The summed E-state index contributed by atoms with van der Waals surface area (Å²) in [5, 5.41) is 10.2. The molecule has 0 fully saturated rings. The number of anilines is 1. The predicted octanol–water partition coefficient (Wildman–Crippen LogP) is 2.78. The monoisotopic (exact) mass is 284 g/mol. The molecule has 0 radical (unpaired) electrons.